The van der Waals surface area contributed by atoms with Crippen LogP contribution in [0.1, 0.15) is 13.8 Å². The fourth-order valence-electron chi connectivity index (χ4n) is 1.97. The number of fused-ring (bicyclic) bond motifs is 1. The third kappa shape index (κ3) is 2.30. The van der Waals surface area contributed by atoms with Gasteiger partial charge in [-0.2, -0.15) is 0 Å². The maximum Gasteiger partial charge on any atom is 0.348 e. The molecule has 0 saturated heterocycles. The number of ether oxygens (including phenoxy) is 1. The molecule has 0 aliphatic carbocycles. The quantitative estimate of drug-likeness (QED) is 0.592. The molecule has 0 amide bonds. The number of nitrogens with zero attached hydrogens (tertiary/aromatic N) is 2. The Morgan fingerprint density at radius 2 is 2.12 bits per heavy atom. The minimum Gasteiger partial charge on any atom is -0.463 e. The van der Waals surface area contributed by atoms with E-state index in [0.29, 0.717) is 6.61 Å². The van der Waals surface area contributed by atoms with Crippen molar-refractivity contribution in [3.63, 3.8) is 0 Å². The number of hydrogen-bond acceptors (Lipinski definition) is 2. The van der Waals surface area contributed by atoms with Crippen LogP contribution in [0, 0.1) is 0 Å². The van der Waals surface area contributed by atoms with Crippen molar-refractivity contribution in [3.8, 4) is 0 Å². The first-order valence-corrected chi connectivity index (χ1v) is 5.89. The molecule has 1 aromatic heterocycles. The van der Waals surface area contributed by atoms with Gasteiger partial charge in [0.15, 0.2) is 17.6 Å². The summed E-state index contributed by atoms with van der Waals surface area (Å²) in [5.41, 5.74) is 2.20. The number of rotatable bonds is 4. The zero-order chi connectivity index (χ0) is 12.3. The number of para-hydroxylation sites is 2. The van der Waals surface area contributed by atoms with Gasteiger partial charge in [0.1, 0.15) is 0 Å². The predicted molar refractivity (Wildman–Crippen MR) is 64.4 cm³/mol. The number of benzene rings is 1. The van der Waals surface area contributed by atoms with Crippen LogP contribution >= 0.6 is 0 Å². The van der Waals surface area contributed by atoms with Crippen LogP contribution in [0.3, 0.4) is 0 Å². The fourth-order valence-corrected chi connectivity index (χ4v) is 1.97. The van der Waals surface area contributed by atoms with Crippen molar-refractivity contribution in [2.75, 3.05) is 6.61 Å². The lowest BCUT2D eigenvalue weighted by atomic mass is 10.3. The summed E-state index contributed by atoms with van der Waals surface area (Å²) in [5, 5.41) is 0. The van der Waals surface area contributed by atoms with Crippen LogP contribution in [0.2, 0.25) is 0 Å². The van der Waals surface area contributed by atoms with Gasteiger partial charge in [-0.1, -0.05) is 12.1 Å². The number of hydrogen-bond donors (Lipinski definition) is 0. The molecule has 17 heavy (non-hydrogen) atoms. The van der Waals surface area contributed by atoms with Crippen LogP contribution in [0.15, 0.2) is 30.6 Å². The number of aryl methyl sites for hydroxylation is 1. The number of carbonyl (C=O) groups excluding carboxylic acids is 1. The molecule has 0 fully saturated rings. The molecule has 0 radical (unpaired) electrons. The van der Waals surface area contributed by atoms with Crippen molar-refractivity contribution >= 4 is 17.0 Å². The normalized spacial score (nSPS) is 10.7. The molecule has 0 unspecified atom stereocenters. The van der Waals surface area contributed by atoms with Crippen LogP contribution < -0.4 is 4.57 Å². The highest BCUT2D eigenvalue weighted by molar-refractivity contribution is 5.73. The molecule has 0 N–H and O–H groups in total. The standard InChI is InChI=1S/C13H17N2O2/c1-3-14-10-15(9-13(16)17-4-2)12-8-6-5-7-11(12)14/h5-8,10H,3-4,9H2,1-2H3/q+1. The summed E-state index contributed by atoms with van der Waals surface area (Å²) in [6.45, 7) is 5.47. The van der Waals surface area contributed by atoms with Gasteiger partial charge in [0, 0.05) is 0 Å². The average Bonchev–Trinajstić information content (AvgIpc) is 2.68. The maximum absolute atomic E-state index is 11.5. The minimum atomic E-state index is -0.198. The summed E-state index contributed by atoms with van der Waals surface area (Å²) in [4.78, 5) is 11.5. The molecule has 0 spiro atoms. The molecule has 90 valence electrons. The highest BCUT2D eigenvalue weighted by Gasteiger charge is 2.16. The van der Waals surface area contributed by atoms with E-state index in [9.17, 15) is 4.79 Å². The van der Waals surface area contributed by atoms with E-state index < -0.39 is 0 Å². The van der Waals surface area contributed by atoms with Crippen molar-refractivity contribution in [2.24, 2.45) is 0 Å². The number of imidazole rings is 1. The van der Waals surface area contributed by atoms with Crippen LogP contribution in [-0.2, 0) is 22.6 Å². The van der Waals surface area contributed by atoms with Crippen molar-refractivity contribution in [3.05, 3.63) is 30.6 Å². The molecule has 0 aliphatic rings. The van der Waals surface area contributed by atoms with E-state index in [4.69, 9.17) is 4.74 Å². The van der Waals surface area contributed by atoms with Gasteiger partial charge >= 0.3 is 5.97 Å². The molecule has 2 rings (SSSR count). The van der Waals surface area contributed by atoms with Gasteiger partial charge in [0.2, 0.25) is 6.33 Å². The largest absolute Gasteiger partial charge is 0.463 e. The molecule has 4 nitrogen and oxygen atoms in total. The topological polar surface area (TPSA) is 35.1 Å². The Morgan fingerprint density at radius 1 is 1.35 bits per heavy atom. The molecule has 2 aromatic rings. The van der Waals surface area contributed by atoms with Gasteiger partial charge < -0.3 is 4.74 Å². The van der Waals surface area contributed by atoms with E-state index in [2.05, 4.69) is 17.6 Å². The second-order valence-electron chi connectivity index (χ2n) is 3.82. The van der Waals surface area contributed by atoms with Crippen molar-refractivity contribution in [1.29, 1.82) is 0 Å². The van der Waals surface area contributed by atoms with E-state index in [-0.39, 0.29) is 12.5 Å². The molecule has 0 atom stereocenters. The lowest BCUT2D eigenvalue weighted by Crippen LogP contribution is -2.37. The summed E-state index contributed by atoms with van der Waals surface area (Å²) in [6.07, 6.45) is 1.96. The van der Waals surface area contributed by atoms with Gasteiger partial charge in [-0.25, -0.2) is 13.9 Å². The van der Waals surface area contributed by atoms with Gasteiger partial charge in [0.05, 0.1) is 13.2 Å². The van der Waals surface area contributed by atoms with E-state index in [1.807, 2.05) is 36.0 Å². The van der Waals surface area contributed by atoms with Crippen molar-refractivity contribution < 1.29 is 14.1 Å². The molecular formula is C13H17N2O2+. The number of aromatic nitrogens is 2. The Morgan fingerprint density at radius 3 is 2.82 bits per heavy atom. The number of carbonyl (C=O) groups is 1. The summed E-state index contributed by atoms with van der Waals surface area (Å²) in [6, 6.07) is 8.05. The Balaban J connectivity index is 2.37. The molecule has 0 saturated carbocycles. The molecule has 0 aliphatic heterocycles. The van der Waals surface area contributed by atoms with Crippen molar-refractivity contribution in [2.45, 2.75) is 26.9 Å². The second kappa shape index (κ2) is 4.99. The third-order valence-corrected chi connectivity index (χ3v) is 2.72. The van der Waals surface area contributed by atoms with Crippen LogP contribution in [0.4, 0.5) is 0 Å². The first-order chi connectivity index (χ1) is 8.26. The monoisotopic (exact) mass is 233 g/mol. The molecular weight excluding hydrogens is 216 g/mol. The van der Waals surface area contributed by atoms with Crippen molar-refractivity contribution in [1.82, 2.24) is 4.57 Å². The molecule has 1 heterocycles. The summed E-state index contributed by atoms with van der Waals surface area (Å²) < 4.78 is 9.02. The number of esters is 1. The minimum absolute atomic E-state index is 0.198. The molecule has 1 aromatic carbocycles. The maximum atomic E-state index is 11.5. The van der Waals surface area contributed by atoms with Gasteiger partial charge in [-0.3, -0.25) is 0 Å². The summed E-state index contributed by atoms with van der Waals surface area (Å²) >= 11 is 0. The summed E-state index contributed by atoms with van der Waals surface area (Å²) in [7, 11) is 0. The average molecular weight is 233 g/mol. The Labute approximate surface area is 100 Å². The van der Waals surface area contributed by atoms with E-state index in [1.165, 1.54) is 0 Å². The Bertz CT molecular complexity index is 531. The zero-order valence-corrected chi connectivity index (χ0v) is 10.2. The first kappa shape index (κ1) is 11.6. The first-order valence-electron chi connectivity index (χ1n) is 5.89. The Hall–Kier alpha value is -1.84. The van der Waals surface area contributed by atoms with E-state index in [1.54, 1.807) is 0 Å². The lowest BCUT2D eigenvalue weighted by Gasteiger charge is -1.98. The van der Waals surface area contributed by atoms with Crippen LogP contribution in [0.5, 0.6) is 0 Å². The zero-order valence-electron chi connectivity index (χ0n) is 10.2. The molecule has 4 heteroatoms. The second-order valence-corrected chi connectivity index (χ2v) is 3.82. The van der Waals surface area contributed by atoms with Gasteiger partial charge in [-0.15, -0.1) is 0 Å². The highest BCUT2D eigenvalue weighted by Crippen LogP contribution is 2.10. The fraction of sp³-hybridized carbons (Fsp3) is 0.385. The predicted octanol–water partition coefficient (Wildman–Crippen LogP) is 1.51. The molecule has 0 bridgehead atoms. The third-order valence-electron chi connectivity index (χ3n) is 2.72. The van der Waals surface area contributed by atoms with Gasteiger partial charge in [-0.05, 0) is 26.0 Å². The van der Waals surface area contributed by atoms with Crippen LogP contribution in [-0.4, -0.2) is 17.1 Å². The SMILES string of the molecule is CCOC(=O)C[n+]1cn(CC)c2ccccc21. The van der Waals surface area contributed by atoms with E-state index >= 15 is 0 Å². The highest BCUT2D eigenvalue weighted by atomic mass is 16.5. The lowest BCUT2D eigenvalue weighted by molar-refractivity contribution is -0.661. The Kier molecular flexibility index (Phi) is 3.42. The van der Waals surface area contributed by atoms with Gasteiger partial charge in [0.25, 0.3) is 0 Å². The smallest absolute Gasteiger partial charge is 0.348 e. The summed E-state index contributed by atoms with van der Waals surface area (Å²) in [5.74, 6) is -0.198. The van der Waals surface area contributed by atoms with Crippen LogP contribution in [0.25, 0.3) is 11.0 Å². The van der Waals surface area contributed by atoms with E-state index in [0.717, 1.165) is 17.6 Å².